The van der Waals surface area contributed by atoms with E-state index < -0.39 is 0 Å². The Morgan fingerprint density at radius 2 is 1.54 bits per heavy atom. The maximum absolute atomic E-state index is 13.2. The molecule has 28 heavy (non-hydrogen) atoms. The quantitative estimate of drug-likeness (QED) is 0.556. The molecule has 0 N–H and O–H groups in total. The van der Waals surface area contributed by atoms with Crippen molar-refractivity contribution in [2.45, 2.75) is 43.7 Å². The summed E-state index contributed by atoms with van der Waals surface area (Å²) < 4.78 is 0. The number of nitrogens with zero attached hydrogens (tertiary/aromatic N) is 1. The third kappa shape index (κ3) is 3.49. The minimum atomic E-state index is -0.0283. The van der Waals surface area contributed by atoms with Crippen LogP contribution >= 0.6 is 23.2 Å². The molecule has 0 aromatic heterocycles. The molecule has 2 saturated carbocycles. The molecule has 0 unspecified atom stereocenters. The van der Waals surface area contributed by atoms with Gasteiger partial charge in [0, 0.05) is 22.0 Å². The summed E-state index contributed by atoms with van der Waals surface area (Å²) in [5, 5.41) is 1.44. The van der Waals surface area contributed by atoms with Crippen LogP contribution in [0.25, 0.3) is 0 Å². The molecular formula is C24H23Cl2NO. The largest absolute Gasteiger partial charge is 0.328 e. The van der Waals surface area contributed by atoms with Gasteiger partial charge in [-0.15, -0.1) is 0 Å². The van der Waals surface area contributed by atoms with E-state index in [1.165, 1.54) is 25.7 Å². The Morgan fingerprint density at radius 1 is 0.857 bits per heavy atom. The van der Waals surface area contributed by atoms with Crippen molar-refractivity contribution < 1.29 is 4.79 Å². The first-order chi connectivity index (χ1) is 13.6. The Morgan fingerprint density at radius 3 is 2.14 bits per heavy atom. The van der Waals surface area contributed by atoms with Crippen LogP contribution in [0.1, 0.15) is 48.8 Å². The highest BCUT2D eigenvalue weighted by Gasteiger charge is 2.50. The van der Waals surface area contributed by atoms with Crippen molar-refractivity contribution in [1.29, 1.82) is 0 Å². The van der Waals surface area contributed by atoms with Crippen molar-refractivity contribution in [2.24, 2.45) is 11.8 Å². The van der Waals surface area contributed by atoms with Crippen LogP contribution in [0.2, 0.25) is 10.0 Å². The summed E-state index contributed by atoms with van der Waals surface area (Å²) in [6.07, 6.45) is 8.79. The Kier molecular flexibility index (Phi) is 4.72. The number of halogens is 2. The Bertz CT molecular complexity index is 902. The lowest BCUT2D eigenvalue weighted by Gasteiger charge is -2.44. The Balaban J connectivity index is 1.62. The predicted molar refractivity (Wildman–Crippen MR) is 114 cm³/mol. The molecule has 1 heterocycles. The smallest absolute Gasteiger partial charge is 0.247 e. The van der Waals surface area contributed by atoms with Gasteiger partial charge >= 0.3 is 0 Å². The summed E-state index contributed by atoms with van der Waals surface area (Å²) in [7, 11) is 0. The second-order valence-corrected chi connectivity index (χ2v) is 9.22. The maximum Gasteiger partial charge on any atom is 0.247 e. The van der Waals surface area contributed by atoms with Crippen LogP contribution in [0.4, 0.5) is 0 Å². The van der Waals surface area contributed by atoms with Gasteiger partial charge < -0.3 is 4.90 Å². The molecule has 5 rings (SSSR count). The van der Waals surface area contributed by atoms with Gasteiger partial charge in [-0.1, -0.05) is 53.5 Å². The van der Waals surface area contributed by atoms with Crippen LogP contribution in [0.3, 0.4) is 0 Å². The molecule has 144 valence electrons. The van der Waals surface area contributed by atoms with E-state index in [1.807, 2.05) is 30.3 Å². The topological polar surface area (TPSA) is 20.3 Å². The number of carbonyl (C=O) groups excluding carboxylic acids is 1. The number of benzene rings is 2. The van der Waals surface area contributed by atoms with Crippen molar-refractivity contribution in [3.05, 3.63) is 81.9 Å². The van der Waals surface area contributed by atoms with Crippen molar-refractivity contribution >= 4 is 29.1 Å². The summed E-state index contributed by atoms with van der Waals surface area (Å²) in [6.45, 7) is 0. The summed E-state index contributed by atoms with van der Waals surface area (Å²) in [5.41, 5.74) is 2.28. The molecule has 0 saturated heterocycles. The normalized spacial score (nSPS) is 24.8. The van der Waals surface area contributed by atoms with Gasteiger partial charge in [0.15, 0.2) is 0 Å². The molecule has 2 atom stereocenters. The Hall–Kier alpha value is -1.77. The molecule has 1 aliphatic heterocycles. The molecule has 2 aliphatic carbocycles. The molecule has 1 amide bonds. The number of hydrogen-bond acceptors (Lipinski definition) is 1. The number of hydrogen-bond donors (Lipinski definition) is 0. The van der Waals surface area contributed by atoms with Crippen LogP contribution in [0.15, 0.2) is 60.7 Å². The predicted octanol–water partition coefficient (Wildman–Crippen LogP) is 6.41. The van der Waals surface area contributed by atoms with E-state index in [1.54, 1.807) is 6.08 Å². The second kappa shape index (κ2) is 7.24. The van der Waals surface area contributed by atoms with Gasteiger partial charge in [0.05, 0.1) is 6.04 Å². The fourth-order valence-corrected chi connectivity index (χ4v) is 5.09. The lowest BCUT2D eigenvalue weighted by atomic mass is 9.81. The van der Waals surface area contributed by atoms with E-state index in [0.717, 1.165) is 16.1 Å². The zero-order valence-electron chi connectivity index (χ0n) is 15.6. The van der Waals surface area contributed by atoms with Gasteiger partial charge in [-0.2, -0.15) is 0 Å². The van der Waals surface area contributed by atoms with E-state index in [4.69, 9.17) is 23.2 Å². The average molecular weight is 412 g/mol. The van der Waals surface area contributed by atoms with E-state index in [2.05, 4.69) is 29.2 Å². The van der Waals surface area contributed by atoms with Crippen molar-refractivity contribution in [3.63, 3.8) is 0 Å². The fraction of sp³-hybridized carbons (Fsp3) is 0.375. The molecule has 3 aliphatic rings. The molecular weight excluding hydrogens is 389 g/mol. The van der Waals surface area contributed by atoms with Crippen LogP contribution < -0.4 is 0 Å². The number of rotatable bonds is 5. The monoisotopic (exact) mass is 411 g/mol. The highest BCUT2D eigenvalue weighted by molar-refractivity contribution is 6.30. The minimum absolute atomic E-state index is 0.0283. The molecule has 0 spiro atoms. The van der Waals surface area contributed by atoms with Gasteiger partial charge in [-0.25, -0.2) is 0 Å². The molecule has 2 aromatic rings. The molecule has 2 aromatic carbocycles. The highest BCUT2D eigenvalue weighted by Crippen LogP contribution is 2.52. The zero-order valence-corrected chi connectivity index (χ0v) is 17.1. The Labute approximate surface area is 176 Å². The average Bonchev–Trinajstić information content (AvgIpc) is 3.59. The van der Waals surface area contributed by atoms with E-state index in [0.29, 0.717) is 22.9 Å². The third-order valence-electron chi connectivity index (χ3n) is 6.32. The number of carbonyl (C=O) groups is 1. The fourth-order valence-electron chi connectivity index (χ4n) is 4.77. The molecule has 2 fully saturated rings. The van der Waals surface area contributed by atoms with Gasteiger partial charge in [0.1, 0.15) is 0 Å². The second-order valence-electron chi connectivity index (χ2n) is 8.35. The van der Waals surface area contributed by atoms with Crippen LogP contribution in [0, 0.1) is 11.8 Å². The summed E-state index contributed by atoms with van der Waals surface area (Å²) in [6, 6.07) is 16.3. The van der Waals surface area contributed by atoms with E-state index in [9.17, 15) is 4.79 Å². The van der Waals surface area contributed by atoms with E-state index >= 15 is 0 Å². The summed E-state index contributed by atoms with van der Waals surface area (Å²) in [5.74, 6) is 1.52. The van der Waals surface area contributed by atoms with Crippen molar-refractivity contribution in [2.75, 3.05) is 0 Å². The van der Waals surface area contributed by atoms with Gasteiger partial charge in [-0.05, 0) is 79.0 Å². The molecule has 0 radical (unpaired) electrons. The maximum atomic E-state index is 13.2. The lowest BCUT2D eigenvalue weighted by Crippen LogP contribution is -2.48. The standard InChI is InChI=1S/C24H23Cl2NO/c25-19-10-8-17(9-11-19)24-21(18-2-1-3-20(26)14-18)12-13-22(28)27(24)23(15-4-5-15)16-6-7-16/h1-3,8-16,21,23-24H,4-7H2/t21-,24-/m1/s1. The first-order valence-electron chi connectivity index (χ1n) is 10.1. The summed E-state index contributed by atoms with van der Waals surface area (Å²) >= 11 is 12.5. The zero-order chi connectivity index (χ0) is 19.3. The van der Waals surface area contributed by atoms with E-state index in [-0.39, 0.29) is 17.9 Å². The van der Waals surface area contributed by atoms with Crippen molar-refractivity contribution in [1.82, 2.24) is 4.90 Å². The van der Waals surface area contributed by atoms with Gasteiger partial charge in [0.25, 0.3) is 0 Å². The molecule has 0 bridgehead atoms. The molecule has 2 nitrogen and oxygen atoms in total. The van der Waals surface area contributed by atoms with Crippen LogP contribution in [0.5, 0.6) is 0 Å². The third-order valence-corrected chi connectivity index (χ3v) is 6.80. The highest BCUT2D eigenvalue weighted by atomic mass is 35.5. The summed E-state index contributed by atoms with van der Waals surface area (Å²) in [4.78, 5) is 15.4. The molecule has 4 heteroatoms. The van der Waals surface area contributed by atoms with Gasteiger partial charge in [0.2, 0.25) is 5.91 Å². The lowest BCUT2D eigenvalue weighted by molar-refractivity contribution is -0.133. The van der Waals surface area contributed by atoms with Crippen LogP contribution in [-0.4, -0.2) is 16.8 Å². The van der Waals surface area contributed by atoms with Gasteiger partial charge in [-0.3, -0.25) is 4.79 Å². The van der Waals surface area contributed by atoms with Crippen LogP contribution in [-0.2, 0) is 4.79 Å². The number of amides is 1. The minimum Gasteiger partial charge on any atom is -0.328 e. The SMILES string of the molecule is O=C1C=C[C@H](c2cccc(Cl)c2)[C@@H](c2ccc(Cl)cc2)N1C(C1CC1)C1CC1. The first kappa shape index (κ1) is 18.3. The first-order valence-corrected chi connectivity index (χ1v) is 10.9. The van der Waals surface area contributed by atoms with Crippen molar-refractivity contribution in [3.8, 4) is 0 Å².